The van der Waals surface area contributed by atoms with Gasteiger partial charge in [0.15, 0.2) is 0 Å². The molecule has 0 amide bonds. The van der Waals surface area contributed by atoms with Gasteiger partial charge in [-0.3, -0.25) is 0 Å². The highest BCUT2D eigenvalue weighted by Gasteiger charge is 2.16. The van der Waals surface area contributed by atoms with Crippen LogP contribution in [0, 0.1) is 0 Å². The van der Waals surface area contributed by atoms with Crippen LogP contribution < -0.4 is 0 Å². The fourth-order valence-corrected chi connectivity index (χ4v) is 2.58. The van der Waals surface area contributed by atoms with E-state index in [1.54, 1.807) is 23.1 Å². The van der Waals surface area contributed by atoms with Gasteiger partial charge in [0.25, 0.3) is 0 Å². The molecule has 0 aliphatic heterocycles. The Morgan fingerprint density at radius 1 is 1.27 bits per heavy atom. The number of ether oxygens (including phenoxy) is 1. The zero-order valence-electron chi connectivity index (χ0n) is 12.7. The number of halogens is 2. The summed E-state index contributed by atoms with van der Waals surface area (Å²) in [7, 11) is 0. The number of allylic oxidation sites excluding steroid dienone is 1. The third kappa shape index (κ3) is 4.02. The van der Waals surface area contributed by atoms with E-state index in [2.05, 4.69) is 17.0 Å². The molecule has 22 heavy (non-hydrogen) atoms. The highest BCUT2D eigenvalue weighted by Crippen LogP contribution is 2.32. The second-order valence-corrected chi connectivity index (χ2v) is 5.64. The van der Waals surface area contributed by atoms with Crippen LogP contribution in [0.3, 0.4) is 0 Å². The van der Waals surface area contributed by atoms with Crippen LogP contribution in [0.5, 0.6) is 0 Å². The quantitative estimate of drug-likeness (QED) is 0.518. The number of benzene rings is 1. The summed E-state index contributed by atoms with van der Waals surface area (Å²) >= 11 is 12.3. The Morgan fingerprint density at radius 2 is 2.09 bits per heavy atom. The van der Waals surface area contributed by atoms with Crippen LogP contribution in [0.2, 0.25) is 10.0 Å². The summed E-state index contributed by atoms with van der Waals surface area (Å²) in [5, 5.41) is 5.37. The van der Waals surface area contributed by atoms with Gasteiger partial charge in [0.1, 0.15) is 18.4 Å². The molecule has 0 fully saturated rings. The van der Waals surface area contributed by atoms with Gasteiger partial charge in [-0.1, -0.05) is 43.5 Å². The second-order valence-electron chi connectivity index (χ2n) is 4.80. The highest BCUT2D eigenvalue weighted by molar-refractivity contribution is 6.35. The summed E-state index contributed by atoms with van der Waals surface area (Å²) in [6, 6.07) is 5.40. The van der Waals surface area contributed by atoms with Crippen molar-refractivity contribution in [1.29, 1.82) is 0 Å². The van der Waals surface area contributed by atoms with Gasteiger partial charge in [-0.05, 0) is 31.0 Å². The molecule has 4 nitrogen and oxygen atoms in total. The van der Waals surface area contributed by atoms with E-state index in [0.29, 0.717) is 16.7 Å². The van der Waals surface area contributed by atoms with E-state index in [4.69, 9.17) is 27.9 Å². The molecule has 0 unspecified atom stereocenters. The van der Waals surface area contributed by atoms with Gasteiger partial charge in [0.2, 0.25) is 0 Å². The van der Waals surface area contributed by atoms with Gasteiger partial charge in [-0.2, -0.15) is 5.10 Å². The van der Waals surface area contributed by atoms with Crippen molar-refractivity contribution in [3.63, 3.8) is 0 Å². The molecular weight excluding hydrogens is 321 g/mol. The molecule has 0 aliphatic carbocycles. The molecule has 0 spiro atoms. The average molecular weight is 340 g/mol. The number of aromatic nitrogens is 3. The predicted octanol–water partition coefficient (Wildman–Crippen LogP) is 5.14. The van der Waals surface area contributed by atoms with Gasteiger partial charge in [-0.15, -0.1) is 0 Å². The Morgan fingerprint density at radius 3 is 2.68 bits per heavy atom. The maximum absolute atomic E-state index is 6.36. The molecule has 0 aliphatic rings. The van der Waals surface area contributed by atoms with Crippen molar-refractivity contribution >= 4 is 34.7 Å². The molecule has 0 radical (unpaired) electrons. The molecule has 2 aromatic rings. The standard InChI is InChI=1S/C16H19Cl2N3O/c1-3-5-8-22-16(13-7-6-12(17)9-14(13)18)15(4-2)21-11-19-10-20-21/h6-7,9-11H,3-5,8H2,1-2H3. The Labute approximate surface area is 140 Å². The lowest BCUT2D eigenvalue weighted by Gasteiger charge is -2.17. The van der Waals surface area contributed by atoms with Crippen molar-refractivity contribution < 1.29 is 4.74 Å². The Hall–Kier alpha value is -1.52. The van der Waals surface area contributed by atoms with Crippen LogP contribution in [-0.4, -0.2) is 21.4 Å². The summed E-state index contributed by atoms with van der Waals surface area (Å²) in [6.07, 6.45) is 5.94. The van der Waals surface area contributed by atoms with Crippen molar-refractivity contribution in [2.24, 2.45) is 0 Å². The minimum Gasteiger partial charge on any atom is -0.491 e. The van der Waals surface area contributed by atoms with Crippen molar-refractivity contribution in [3.8, 4) is 0 Å². The van der Waals surface area contributed by atoms with Crippen LogP contribution >= 0.6 is 23.2 Å². The number of nitrogens with zero attached hydrogens (tertiary/aromatic N) is 3. The molecule has 1 aromatic carbocycles. The molecule has 0 saturated carbocycles. The molecule has 1 aromatic heterocycles. The predicted molar refractivity (Wildman–Crippen MR) is 90.7 cm³/mol. The molecule has 1 heterocycles. The second kappa shape index (κ2) is 8.20. The van der Waals surface area contributed by atoms with Crippen LogP contribution in [0.25, 0.3) is 11.5 Å². The maximum Gasteiger partial charge on any atom is 0.149 e. The fraction of sp³-hybridized carbons (Fsp3) is 0.375. The van der Waals surface area contributed by atoms with E-state index >= 15 is 0 Å². The largest absolute Gasteiger partial charge is 0.491 e. The lowest BCUT2D eigenvalue weighted by Crippen LogP contribution is -2.05. The molecule has 0 N–H and O–H groups in total. The third-order valence-corrected chi connectivity index (χ3v) is 3.76. The monoisotopic (exact) mass is 339 g/mol. The van der Waals surface area contributed by atoms with E-state index in [1.165, 1.54) is 6.33 Å². The van der Waals surface area contributed by atoms with Gasteiger partial charge in [0.05, 0.1) is 17.3 Å². The summed E-state index contributed by atoms with van der Waals surface area (Å²) in [4.78, 5) is 4.01. The van der Waals surface area contributed by atoms with Gasteiger partial charge < -0.3 is 4.74 Å². The number of unbranched alkanes of at least 4 members (excludes halogenated alkanes) is 1. The Balaban J connectivity index is 2.49. The van der Waals surface area contributed by atoms with E-state index in [0.717, 1.165) is 36.3 Å². The molecular formula is C16H19Cl2N3O. The maximum atomic E-state index is 6.36. The zero-order valence-corrected chi connectivity index (χ0v) is 14.2. The summed E-state index contributed by atoms with van der Waals surface area (Å²) < 4.78 is 7.74. The fourth-order valence-electron chi connectivity index (χ4n) is 2.08. The van der Waals surface area contributed by atoms with Gasteiger partial charge in [-0.25, -0.2) is 9.67 Å². The first-order valence-corrected chi connectivity index (χ1v) is 8.09. The Kier molecular flexibility index (Phi) is 6.28. The van der Waals surface area contributed by atoms with Crippen molar-refractivity contribution in [2.75, 3.05) is 6.61 Å². The highest BCUT2D eigenvalue weighted by atomic mass is 35.5. The van der Waals surface area contributed by atoms with Crippen molar-refractivity contribution in [1.82, 2.24) is 14.8 Å². The van der Waals surface area contributed by atoms with Crippen LogP contribution in [0.15, 0.2) is 30.9 Å². The SMILES string of the molecule is CCCCOC(=C(CC)n1cncn1)c1ccc(Cl)cc1Cl. The first kappa shape index (κ1) is 16.8. The smallest absolute Gasteiger partial charge is 0.149 e. The van der Waals surface area contributed by atoms with E-state index in [-0.39, 0.29) is 0 Å². The topological polar surface area (TPSA) is 39.9 Å². The lowest BCUT2D eigenvalue weighted by atomic mass is 10.1. The van der Waals surface area contributed by atoms with Crippen LogP contribution in [0.1, 0.15) is 38.7 Å². The first-order chi connectivity index (χ1) is 10.7. The van der Waals surface area contributed by atoms with E-state index < -0.39 is 0 Å². The van der Waals surface area contributed by atoms with Crippen molar-refractivity contribution in [2.45, 2.75) is 33.1 Å². The van der Waals surface area contributed by atoms with Crippen LogP contribution in [0.4, 0.5) is 0 Å². The number of rotatable bonds is 7. The minimum absolute atomic E-state index is 0.560. The molecule has 0 saturated heterocycles. The minimum atomic E-state index is 0.560. The van der Waals surface area contributed by atoms with Crippen molar-refractivity contribution in [3.05, 3.63) is 46.5 Å². The molecule has 0 bridgehead atoms. The lowest BCUT2D eigenvalue weighted by molar-refractivity contribution is 0.269. The van der Waals surface area contributed by atoms with E-state index in [9.17, 15) is 0 Å². The van der Waals surface area contributed by atoms with Gasteiger partial charge in [0, 0.05) is 10.6 Å². The zero-order chi connectivity index (χ0) is 15.9. The average Bonchev–Trinajstić information content (AvgIpc) is 3.01. The normalized spacial score (nSPS) is 12.2. The molecule has 0 atom stereocenters. The summed E-state index contributed by atoms with van der Waals surface area (Å²) in [6.45, 7) is 4.80. The Bertz CT molecular complexity index is 639. The molecule has 2 rings (SSSR count). The summed E-state index contributed by atoms with van der Waals surface area (Å²) in [5.74, 6) is 0.725. The number of hydrogen-bond donors (Lipinski definition) is 0. The van der Waals surface area contributed by atoms with E-state index in [1.807, 2.05) is 13.0 Å². The van der Waals surface area contributed by atoms with Crippen LogP contribution in [-0.2, 0) is 4.74 Å². The molecule has 118 valence electrons. The molecule has 6 heteroatoms. The van der Waals surface area contributed by atoms with Gasteiger partial charge >= 0.3 is 0 Å². The first-order valence-electron chi connectivity index (χ1n) is 7.33. The number of hydrogen-bond acceptors (Lipinski definition) is 3. The third-order valence-electron chi connectivity index (χ3n) is 3.21. The summed E-state index contributed by atoms with van der Waals surface area (Å²) in [5.41, 5.74) is 1.73.